The highest BCUT2D eigenvalue weighted by molar-refractivity contribution is 5.73. The Morgan fingerprint density at radius 2 is 2.08 bits per heavy atom. The van der Waals surface area contributed by atoms with Gasteiger partial charge in [0.05, 0.1) is 0 Å². The first kappa shape index (κ1) is 10.5. The third kappa shape index (κ3) is 3.74. The van der Waals surface area contributed by atoms with Crippen LogP contribution in [0.15, 0.2) is 0 Å². The number of hydrogen-bond acceptors (Lipinski definition) is 3. The topological polar surface area (TPSA) is 75.3 Å². The van der Waals surface area contributed by atoms with Gasteiger partial charge >= 0.3 is 5.97 Å². The molecule has 0 unspecified atom stereocenters. The highest BCUT2D eigenvalue weighted by Gasteiger charge is 2.16. The zero-order valence-electron chi connectivity index (χ0n) is 7.83. The Labute approximate surface area is 78.5 Å². The van der Waals surface area contributed by atoms with E-state index in [2.05, 4.69) is 5.32 Å². The van der Waals surface area contributed by atoms with Gasteiger partial charge in [-0.15, -0.1) is 0 Å². The molecule has 4 nitrogen and oxygen atoms in total. The van der Waals surface area contributed by atoms with Crippen LogP contribution in [0.4, 0.5) is 0 Å². The summed E-state index contributed by atoms with van der Waals surface area (Å²) in [6.07, 6.45) is 6.13. The molecule has 4 heteroatoms. The van der Waals surface area contributed by atoms with Crippen LogP contribution in [-0.2, 0) is 4.79 Å². The van der Waals surface area contributed by atoms with Crippen molar-refractivity contribution in [2.24, 2.45) is 5.73 Å². The molecule has 0 saturated heterocycles. The van der Waals surface area contributed by atoms with E-state index in [1.807, 2.05) is 0 Å². The summed E-state index contributed by atoms with van der Waals surface area (Å²) in [4.78, 5) is 10.4. The summed E-state index contributed by atoms with van der Waals surface area (Å²) >= 11 is 0. The van der Waals surface area contributed by atoms with Crippen LogP contribution in [0, 0.1) is 0 Å². The Kier molecular flexibility index (Phi) is 4.18. The van der Waals surface area contributed by atoms with Gasteiger partial charge in [-0.05, 0) is 12.8 Å². The van der Waals surface area contributed by atoms with E-state index in [1.54, 1.807) is 0 Å². The SMILES string of the molecule is N[C@@H](CNC1CCCCC1)C(=O)O. The summed E-state index contributed by atoms with van der Waals surface area (Å²) in [5.41, 5.74) is 5.37. The number of rotatable bonds is 4. The van der Waals surface area contributed by atoms with Crippen molar-refractivity contribution in [3.8, 4) is 0 Å². The van der Waals surface area contributed by atoms with E-state index in [1.165, 1.54) is 19.3 Å². The summed E-state index contributed by atoms with van der Waals surface area (Å²) in [5.74, 6) is -0.927. The number of hydrogen-bond donors (Lipinski definition) is 3. The Morgan fingerprint density at radius 1 is 1.46 bits per heavy atom. The van der Waals surface area contributed by atoms with Gasteiger partial charge in [0.1, 0.15) is 6.04 Å². The number of carbonyl (C=O) groups is 1. The van der Waals surface area contributed by atoms with Gasteiger partial charge in [0, 0.05) is 12.6 Å². The van der Waals surface area contributed by atoms with E-state index in [-0.39, 0.29) is 0 Å². The van der Waals surface area contributed by atoms with E-state index in [4.69, 9.17) is 10.8 Å². The standard InChI is InChI=1S/C9H18N2O2/c10-8(9(12)13)6-11-7-4-2-1-3-5-7/h7-8,11H,1-6,10H2,(H,12,13)/t8-/m0/s1. The van der Waals surface area contributed by atoms with Crippen molar-refractivity contribution in [2.75, 3.05) is 6.54 Å². The van der Waals surface area contributed by atoms with E-state index >= 15 is 0 Å². The minimum atomic E-state index is -0.927. The largest absolute Gasteiger partial charge is 0.480 e. The molecule has 0 spiro atoms. The maximum atomic E-state index is 10.4. The lowest BCUT2D eigenvalue weighted by Gasteiger charge is -2.23. The second kappa shape index (κ2) is 5.19. The fraction of sp³-hybridized carbons (Fsp3) is 0.889. The van der Waals surface area contributed by atoms with Gasteiger partial charge in [-0.3, -0.25) is 4.79 Å². The molecule has 13 heavy (non-hydrogen) atoms. The van der Waals surface area contributed by atoms with Crippen molar-refractivity contribution in [1.29, 1.82) is 0 Å². The molecule has 0 aromatic heterocycles. The van der Waals surface area contributed by atoms with E-state index in [9.17, 15) is 4.79 Å². The summed E-state index contributed by atoms with van der Waals surface area (Å²) in [6.45, 7) is 0.389. The zero-order valence-corrected chi connectivity index (χ0v) is 7.83. The van der Waals surface area contributed by atoms with E-state index in [0.717, 1.165) is 12.8 Å². The lowest BCUT2D eigenvalue weighted by molar-refractivity contribution is -0.138. The molecule has 1 aliphatic rings. The van der Waals surface area contributed by atoms with E-state index < -0.39 is 12.0 Å². The Hall–Kier alpha value is -0.610. The van der Waals surface area contributed by atoms with Gasteiger partial charge in [0.2, 0.25) is 0 Å². The number of carboxylic acids is 1. The second-order valence-electron chi connectivity index (χ2n) is 3.69. The normalized spacial score (nSPS) is 21.3. The molecule has 0 bridgehead atoms. The van der Waals surface area contributed by atoms with Crippen LogP contribution in [0.3, 0.4) is 0 Å². The Balaban J connectivity index is 2.13. The predicted molar refractivity (Wildman–Crippen MR) is 50.5 cm³/mol. The predicted octanol–water partition coefficient (Wildman–Crippen LogP) is 0.321. The molecule has 1 rings (SSSR count). The fourth-order valence-electron chi connectivity index (χ4n) is 1.69. The number of aliphatic carboxylic acids is 1. The molecule has 0 heterocycles. The van der Waals surface area contributed by atoms with Gasteiger partial charge in [0.15, 0.2) is 0 Å². The van der Waals surface area contributed by atoms with Gasteiger partial charge in [-0.1, -0.05) is 19.3 Å². The lowest BCUT2D eigenvalue weighted by Crippen LogP contribution is -2.44. The average Bonchev–Trinajstić information content (AvgIpc) is 2.15. The summed E-state index contributed by atoms with van der Waals surface area (Å²) in [7, 11) is 0. The van der Waals surface area contributed by atoms with Crippen molar-refractivity contribution < 1.29 is 9.90 Å². The molecule has 1 fully saturated rings. The molecule has 0 aromatic rings. The third-order valence-corrected chi connectivity index (χ3v) is 2.55. The van der Waals surface area contributed by atoms with Gasteiger partial charge < -0.3 is 16.2 Å². The maximum Gasteiger partial charge on any atom is 0.321 e. The first-order valence-corrected chi connectivity index (χ1v) is 4.92. The zero-order chi connectivity index (χ0) is 9.68. The molecular weight excluding hydrogens is 168 g/mol. The Bertz CT molecular complexity index is 167. The highest BCUT2D eigenvalue weighted by Crippen LogP contribution is 2.16. The van der Waals surface area contributed by atoms with Crippen molar-refractivity contribution in [3.05, 3.63) is 0 Å². The van der Waals surface area contributed by atoms with Crippen LogP contribution in [-0.4, -0.2) is 29.7 Å². The van der Waals surface area contributed by atoms with Crippen molar-refractivity contribution in [1.82, 2.24) is 5.32 Å². The lowest BCUT2D eigenvalue weighted by atomic mass is 9.95. The maximum absolute atomic E-state index is 10.4. The van der Waals surface area contributed by atoms with Crippen molar-refractivity contribution in [3.63, 3.8) is 0 Å². The molecule has 1 atom stereocenters. The molecule has 0 aromatic carbocycles. The molecule has 1 saturated carbocycles. The molecule has 4 N–H and O–H groups in total. The Morgan fingerprint density at radius 3 is 2.62 bits per heavy atom. The first-order chi connectivity index (χ1) is 6.20. The molecular formula is C9H18N2O2. The first-order valence-electron chi connectivity index (χ1n) is 4.92. The molecule has 1 aliphatic carbocycles. The summed E-state index contributed by atoms with van der Waals surface area (Å²) < 4.78 is 0. The fourth-order valence-corrected chi connectivity index (χ4v) is 1.69. The van der Waals surface area contributed by atoms with Gasteiger partial charge in [0.25, 0.3) is 0 Å². The van der Waals surface area contributed by atoms with Gasteiger partial charge in [-0.2, -0.15) is 0 Å². The smallest absolute Gasteiger partial charge is 0.321 e. The average molecular weight is 186 g/mol. The monoisotopic (exact) mass is 186 g/mol. The number of nitrogens with two attached hydrogens (primary N) is 1. The van der Waals surface area contributed by atoms with E-state index in [0.29, 0.717) is 12.6 Å². The van der Waals surface area contributed by atoms with Crippen LogP contribution in [0.25, 0.3) is 0 Å². The molecule has 76 valence electrons. The number of nitrogens with one attached hydrogen (secondary N) is 1. The van der Waals surface area contributed by atoms with Crippen LogP contribution in [0.5, 0.6) is 0 Å². The molecule has 0 amide bonds. The quantitative estimate of drug-likeness (QED) is 0.591. The molecule has 0 aliphatic heterocycles. The van der Waals surface area contributed by atoms with Crippen LogP contribution in [0.2, 0.25) is 0 Å². The van der Waals surface area contributed by atoms with Gasteiger partial charge in [-0.25, -0.2) is 0 Å². The van der Waals surface area contributed by atoms with Crippen LogP contribution < -0.4 is 11.1 Å². The second-order valence-corrected chi connectivity index (χ2v) is 3.69. The minimum Gasteiger partial charge on any atom is -0.480 e. The molecule has 0 radical (unpaired) electrons. The highest BCUT2D eigenvalue weighted by atomic mass is 16.4. The minimum absolute atomic E-state index is 0.389. The van der Waals surface area contributed by atoms with Crippen LogP contribution in [0.1, 0.15) is 32.1 Å². The summed E-state index contributed by atoms with van der Waals surface area (Å²) in [6, 6.07) is -0.277. The summed E-state index contributed by atoms with van der Waals surface area (Å²) in [5, 5.41) is 11.7. The number of carboxylic acid groups (broad SMARTS) is 1. The van der Waals surface area contributed by atoms with Crippen molar-refractivity contribution >= 4 is 5.97 Å². The van der Waals surface area contributed by atoms with Crippen LogP contribution >= 0.6 is 0 Å². The van der Waals surface area contributed by atoms with Crippen molar-refractivity contribution in [2.45, 2.75) is 44.2 Å². The third-order valence-electron chi connectivity index (χ3n) is 2.55.